The predicted molar refractivity (Wildman–Crippen MR) is 273 cm³/mol. The van der Waals surface area contributed by atoms with Gasteiger partial charge in [0.1, 0.15) is 0 Å². The summed E-state index contributed by atoms with van der Waals surface area (Å²) < 4.78 is 5.47. The Kier molecular flexibility index (Phi) is 51.6. The normalized spacial score (nSPS) is 12.8. The Labute approximate surface area is 392 Å². The first-order valence-electron chi connectivity index (χ1n) is 28.1. The molecule has 0 radical (unpaired) electrons. The minimum Gasteiger partial charge on any atom is -0.466 e. The molecule has 0 aromatic carbocycles. The fourth-order valence-electron chi connectivity index (χ4n) is 8.63. The van der Waals surface area contributed by atoms with Gasteiger partial charge in [-0.25, -0.2) is 0 Å². The van der Waals surface area contributed by atoms with Crippen LogP contribution in [-0.2, 0) is 14.3 Å². The van der Waals surface area contributed by atoms with Gasteiger partial charge in [0.25, 0.3) is 0 Å². The highest BCUT2D eigenvalue weighted by Gasteiger charge is 2.20. The fraction of sp³-hybridized carbons (Fsp3) is 0.895. The van der Waals surface area contributed by atoms with Crippen LogP contribution in [0.25, 0.3) is 0 Å². The third-order valence-corrected chi connectivity index (χ3v) is 13.0. The van der Waals surface area contributed by atoms with Gasteiger partial charge in [0.05, 0.1) is 25.4 Å². The van der Waals surface area contributed by atoms with Crippen LogP contribution in [0.15, 0.2) is 24.3 Å². The molecule has 0 aromatic heterocycles. The first-order chi connectivity index (χ1) is 31.0. The second-order valence-electron chi connectivity index (χ2n) is 19.3. The van der Waals surface area contributed by atoms with Crippen LogP contribution in [0.1, 0.15) is 303 Å². The zero-order valence-corrected chi connectivity index (χ0v) is 42.3. The van der Waals surface area contributed by atoms with E-state index in [1.165, 1.54) is 199 Å². The van der Waals surface area contributed by atoms with Crippen molar-refractivity contribution in [3.63, 3.8) is 0 Å². The van der Waals surface area contributed by atoms with Gasteiger partial charge < -0.3 is 20.3 Å². The molecule has 0 aliphatic heterocycles. The van der Waals surface area contributed by atoms with E-state index in [-0.39, 0.29) is 18.5 Å². The van der Waals surface area contributed by atoms with Gasteiger partial charge >= 0.3 is 5.97 Å². The maximum absolute atomic E-state index is 12.5. The molecule has 63 heavy (non-hydrogen) atoms. The first-order valence-corrected chi connectivity index (χ1v) is 28.1. The summed E-state index contributed by atoms with van der Waals surface area (Å²) in [5.41, 5.74) is 0. The summed E-state index contributed by atoms with van der Waals surface area (Å²) in [6.07, 6.45) is 63.0. The molecule has 0 rings (SSSR count). The number of aliphatic hydroxyl groups is 2. The van der Waals surface area contributed by atoms with E-state index in [1.54, 1.807) is 0 Å². The van der Waals surface area contributed by atoms with Gasteiger partial charge in [0, 0.05) is 12.8 Å². The third kappa shape index (κ3) is 49.6. The highest BCUT2D eigenvalue weighted by molar-refractivity contribution is 5.76. The number of carbonyl (C=O) groups is 2. The van der Waals surface area contributed by atoms with Gasteiger partial charge in [-0.05, 0) is 77.0 Å². The van der Waals surface area contributed by atoms with Crippen molar-refractivity contribution in [3.05, 3.63) is 24.3 Å². The molecule has 0 spiro atoms. The minimum absolute atomic E-state index is 0.0132. The van der Waals surface area contributed by atoms with E-state index in [2.05, 4.69) is 43.5 Å². The highest BCUT2D eigenvalue weighted by Crippen LogP contribution is 2.16. The second-order valence-corrected chi connectivity index (χ2v) is 19.3. The molecule has 1 amide bonds. The summed E-state index contributed by atoms with van der Waals surface area (Å²) in [5.74, 6) is -0.0629. The number of amides is 1. The molecular weight excluding hydrogens is 779 g/mol. The van der Waals surface area contributed by atoms with Gasteiger partial charge in [-0.2, -0.15) is 0 Å². The molecule has 6 heteroatoms. The Morgan fingerprint density at radius 1 is 0.429 bits per heavy atom. The largest absolute Gasteiger partial charge is 0.466 e. The van der Waals surface area contributed by atoms with Crippen molar-refractivity contribution in [1.29, 1.82) is 0 Å². The van der Waals surface area contributed by atoms with Crippen LogP contribution in [0.2, 0.25) is 0 Å². The molecule has 0 aliphatic rings. The van der Waals surface area contributed by atoms with Crippen molar-refractivity contribution in [1.82, 2.24) is 5.32 Å². The van der Waals surface area contributed by atoms with Crippen molar-refractivity contribution < 1.29 is 24.5 Å². The zero-order valence-electron chi connectivity index (χ0n) is 42.3. The monoisotopic (exact) mass is 888 g/mol. The predicted octanol–water partition coefficient (Wildman–Crippen LogP) is 17.1. The van der Waals surface area contributed by atoms with Crippen LogP contribution in [0.5, 0.6) is 0 Å². The number of allylic oxidation sites excluding steroid dienone is 4. The molecule has 2 unspecified atom stereocenters. The molecule has 6 nitrogen and oxygen atoms in total. The Morgan fingerprint density at radius 2 is 0.746 bits per heavy atom. The van der Waals surface area contributed by atoms with Gasteiger partial charge in [-0.15, -0.1) is 0 Å². The first kappa shape index (κ1) is 61.3. The smallest absolute Gasteiger partial charge is 0.305 e. The average Bonchev–Trinajstić information content (AvgIpc) is 3.28. The molecule has 0 fully saturated rings. The molecule has 372 valence electrons. The number of esters is 1. The molecule has 0 bridgehead atoms. The lowest BCUT2D eigenvalue weighted by molar-refractivity contribution is -0.143. The zero-order chi connectivity index (χ0) is 45.8. The molecule has 0 saturated heterocycles. The lowest BCUT2D eigenvalue weighted by Crippen LogP contribution is -2.45. The summed E-state index contributed by atoms with van der Waals surface area (Å²) >= 11 is 0. The second kappa shape index (κ2) is 53.0. The summed E-state index contributed by atoms with van der Waals surface area (Å²) in [5, 5.41) is 23.2. The number of unbranched alkanes of at least 4 members (excludes halogenated alkanes) is 37. The summed E-state index contributed by atoms with van der Waals surface area (Å²) in [6, 6.07) is -0.552. The van der Waals surface area contributed by atoms with Crippen LogP contribution < -0.4 is 5.32 Å². The topological polar surface area (TPSA) is 95.9 Å². The van der Waals surface area contributed by atoms with Crippen LogP contribution in [-0.4, -0.2) is 47.4 Å². The van der Waals surface area contributed by atoms with E-state index in [0.29, 0.717) is 25.9 Å². The van der Waals surface area contributed by atoms with E-state index in [0.717, 1.165) is 70.6 Å². The van der Waals surface area contributed by atoms with Crippen molar-refractivity contribution >= 4 is 11.9 Å². The Balaban J connectivity index is 3.46. The van der Waals surface area contributed by atoms with E-state index in [1.807, 2.05) is 0 Å². The molecule has 0 heterocycles. The number of rotatable bonds is 52. The molecular formula is C57H109NO5. The fourth-order valence-corrected chi connectivity index (χ4v) is 8.63. The summed E-state index contributed by atoms with van der Waals surface area (Å²) in [4.78, 5) is 24.5. The number of aliphatic hydroxyl groups excluding tert-OH is 2. The number of carbonyl (C=O) groups excluding carboxylic acids is 2. The lowest BCUT2D eigenvalue weighted by atomic mass is 10.0. The molecule has 0 aliphatic carbocycles. The number of nitrogens with one attached hydrogen (secondary N) is 1. The average molecular weight is 889 g/mol. The van der Waals surface area contributed by atoms with Gasteiger partial charge in [0.15, 0.2) is 0 Å². The van der Waals surface area contributed by atoms with Crippen LogP contribution >= 0.6 is 0 Å². The van der Waals surface area contributed by atoms with Crippen molar-refractivity contribution in [2.45, 2.75) is 315 Å². The van der Waals surface area contributed by atoms with E-state index >= 15 is 0 Å². The quantitative estimate of drug-likeness (QED) is 0.0321. The number of ether oxygens (including phenoxy) is 1. The van der Waals surface area contributed by atoms with Crippen molar-refractivity contribution in [2.24, 2.45) is 0 Å². The third-order valence-electron chi connectivity index (χ3n) is 13.0. The highest BCUT2D eigenvalue weighted by atomic mass is 16.5. The van der Waals surface area contributed by atoms with Crippen LogP contribution in [0.4, 0.5) is 0 Å². The Morgan fingerprint density at radius 3 is 1.13 bits per heavy atom. The summed E-state index contributed by atoms with van der Waals surface area (Å²) in [6.45, 7) is 4.92. The van der Waals surface area contributed by atoms with E-state index in [9.17, 15) is 19.8 Å². The van der Waals surface area contributed by atoms with Crippen molar-refractivity contribution in [3.8, 4) is 0 Å². The standard InChI is InChI=1S/C57H109NO5/c1-3-5-7-9-11-13-15-17-19-20-23-27-31-35-39-43-47-51-57(62)63-52-48-44-40-36-32-28-24-21-22-26-30-34-38-42-46-50-56(61)58-54(53-59)55(60)49-45-41-37-33-29-25-18-16-14-12-10-8-6-4-2/h17,19,24,28,54-55,59-60H,3-16,18,20-23,25-27,29-53H2,1-2H3,(H,58,61)/b19-17-,28-24-. The SMILES string of the molecule is CCCCCCCC/C=C\CCCCCCCCCC(=O)OCCCCCC/C=C\CCCCCCCCCC(=O)NC(CO)C(O)CCCCCCCCCCCCCCCC. The van der Waals surface area contributed by atoms with Crippen LogP contribution in [0, 0.1) is 0 Å². The Bertz CT molecular complexity index is 982. The number of hydrogen-bond donors (Lipinski definition) is 3. The van der Waals surface area contributed by atoms with Gasteiger partial charge in [-0.3, -0.25) is 9.59 Å². The molecule has 0 aromatic rings. The maximum atomic E-state index is 12.5. The Hall–Kier alpha value is -1.66. The summed E-state index contributed by atoms with van der Waals surface area (Å²) in [7, 11) is 0. The van der Waals surface area contributed by atoms with Gasteiger partial charge in [0.2, 0.25) is 5.91 Å². The molecule has 0 saturated carbocycles. The number of hydrogen-bond acceptors (Lipinski definition) is 5. The maximum Gasteiger partial charge on any atom is 0.305 e. The van der Waals surface area contributed by atoms with E-state index < -0.39 is 12.1 Å². The van der Waals surface area contributed by atoms with Crippen LogP contribution in [0.3, 0.4) is 0 Å². The molecule has 3 N–H and O–H groups in total. The van der Waals surface area contributed by atoms with Crippen molar-refractivity contribution in [2.75, 3.05) is 13.2 Å². The van der Waals surface area contributed by atoms with Gasteiger partial charge in [-0.1, -0.05) is 237 Å². The lowest BCUT2D eigenvalue weighted by Gasteiger charge is -2.22. The van der Waals surface area contributed by atoms with E-state index in [4.69, 9.17) is 4.74 Å². The molecule has 2 atom stereocenters. The minimum atomic E-state index is -0.674.